The van der Waals surface area contributed by atoms with Crippen LogP contribution in [0.25, 0.3) is 11.3 Å². The van der Waals surface area contributed by atoms with Gasteiger partial charge >= 0.3 is 0 Å². The number of aryl methyl sites for hydroxylation is 1. The highest BCUT2D eigenvalue weighted by molar-refractivity contribution is 5.79. The quantitative estimate of drug-likeness (QED) is 0.877. The summed E-state index contributed by atoms with van der Waals surface area (Å²) in [6.45, 7) is 4.28. The highest BCUT2D eigenvalue weighted by Crippen LogP contribution is 2.29. The number of hydrogen-bond donors (Lipinski definition) is 1. The molecule has 2 aliphatic carbocycles. The molecule has 27 heavy (non-hydrogen) atoms. The van der Waals surface area contributed by atoms with Gasteiger partial charge in [0.25, 0.3) is 0 Å². The van der Waals surface area contributed by atoms with Crippen LogP contribution in [0, 0.1) is 6.92 Å². The average molecular weight is 370 g/mol. The maximum atomic E-state index is 12.8. The van der Waals surface area contributed by atoms with Gasteiger partial charge in [-0.2, -0.15) is 0 Å². The molecule has 4 rings (SSSR count). The Morgan fingerprint density at radius 2 is 2.11 bits per heavy atom. The minimum absolute atomic E-state index is 0.0535. The molecule has 2 aliphatic heterocycles. The predicted octanol–water partition coefficient (Wildman–Crippen LogP) is 3.38. The van der Waals surface area contributed by atoms with E-state index in [9.17, 15) is 4.79 Å². The smallest absolute Gasteiger partial charge is 0.227 e. The Morgan fingerprint density at radius 3 is 2.89 bits per heavy atom. The van der Waals surface area contributed by atoms with E-state index in [2.05, 4.69) is 16.3 Å². The predicted molar refractivity (Wildman–Crippen MR) is 105 cm³/mol. The van der Waals surface area contributed by atoms with E-state index in [-0.39, 0.29) is 11.9 Å². The Kier molecular flexibility index (Phi) is 5.50. The van der Waals surface area contributed by atoms with Crippen LogP contribution in [0.2, 0.25) is 0 Å². The van der Waals surface area contributed by atoms with Crippen LogP contribution < -0.4 is 5.32 Å². The minimum atomic E-state index is 0.0535. The summed E-state index contributed by atoms with van der Waals surface area (Å²) in [5.41, 5.74) is 2.12. The second kappa shape index (κ2) is 8.03. The molecule has 1 amide bonds. The lowest BCUT2D eigenvalue weighted by Gasteiger charge is -2.41. The standard InChI is InChI=1S/C22H30N2O3/c1-15-12-16-6-5-7-20(16)27-21(15)14-22(25)23-18-9-8-17(26-2)13-19(18)24-10-3-4-11-24/h5-7,12,17-19H,3-4,8-11,13-14H2,1-2H3,(H,23,25). The maximum absolute atomic E-state index is 12.8. The van der Waals surface area contributed by atoms with Crippen molar-refractivity contribution in [3.63, 3.8) is 0 Å². The Balaban J connectivity index is 1.44. The fourth-order valence-electron chi connectivity index (χ4n) is 4.70. The second-order valence-electron chi connectivity index (χ2n) is 8.03. The van der Waals surface area contributed by atoms with Gasteiger partial charge < -0.3 is 14.5 Å². The van der Waals surface area contributed by atoms with Gasteiger partial charge in [-0.05, 0) is 69.8 Å². The van der Waals surface area contributed by atoms with Crippen molar-refractivity contribution in [3.05, 3.63) is 35.6 Å². The molecule has 2 fully saturated rings. The van der Waals surface area contributed by atoms with Crippen LogP contribution in [-0.2, 0) is 16.0 Å². The largest absolute Gasteiger partial charge is 0.460 e. The van der Waals surface area contributed by atoms with E-state index in [1.54, 1.807) is 7.11 Å². The highest BCUT2D eigenvalue weighted by Gasteiger charge is 2.36. The first-order valence-corrected chi connectivity index (χ1v) is 10.2. The first-order chi connectivity index (χ1) is 13.1. The summed E-state index contributed by atoms with van der Waals surface area (Å²) in [6, 6.07) is 8.64. The van der Waals surface area contributed by atoms with Crippen molar-refractivity contribution in [3.8, 4) is 11.3 Å². The molecule has 4 aliphatic rings. The summed E-state index contributed by atoms with van der Waals surface area (Å²) in [7, 11) is 1.80. The van der Waals surface area contributed by atoms with E-state index in [0.29, 0.717) is 18.6 Å². The van der Waals surface area contributed by atoms with Gasteiger partial charge in [-0.25, -0.2) is 0 Å². The van der Waals surface area contributed by atoms with Crippen molar-refractivity contribution < 1.29 is 13.9 Å². The molecular weight excluding hydrogens is 340 g/mol. The SMILES string of the molecule is COC1CCC(NC(=O)Cc2oc3cccc-3cc2C)C(N2CCCC2)C1. The van der Waals surface area contributed by atoms with Gasteiger partial charge in [-0.1, -0.05) is 12.1 Å². The molecule has 5 nitrogen and oxygen atoms in total. The Hall–Kier alpha value is -1.85. The van der Waals surface area contributed by atoms with E-state index in [1.165, 1.54) is 12.8 Å². The van der Waals surface area contributed by atoms with Gasteiger partial charge in [0.2, 0.25) is 5.91 Å². The molecular formula is C22H30N2O3. The zero-order valence-electron chi connectivity index (χ0n) is 16.4. The van der Waals surface area contributed by atoms with Crippen molar-refractivity contribution in [2.75, 3.05) is 20.2 Å². The molecule has 0 bridgehead atoms. The van der Waals surface area contributed by atoms with Crippen LogP contribution in [0.1, 0.15) is 43.4 Å². The van der Waals surface area contributed by atoms with Crippen LogP contribution in [0.15, 0.2) is 28.7 Å². The van der Waals surface area contributed by atoms with Gasteiger partial charge in [0.15, 0.2) is 0 Å². The number of nitrogens with zero attached hydrogens (tertiary/aromatic N) is 1. The summed E-state index contributed by atoms with van der Waals surface area (Å²) in [4.78, 5) is 15.3. The minimum Gasteiger partial charge on any atom is -0.460 e. The summed E-state index contributed by atoms with van der Waals surface area (Å²) < 4.78 is 11.6. The molecule has 2 heterocycles. The van der Waals surface area contributed by atoms with Crippen LogP contribution in [0.3, 0.4) is 0 Å². The molecule has 5 heteroatoms. The van der Waals surface area contributed by atoms with Crippen molar-refractivity contribution >= 4 is 5.91 Å². The van der Waals surface area contributed by atoms with E-state index < -0.39 is 0 Å². The number of likely N-dealkylation sites (tertiary alicyclic amines) is 1. The summed E-state index contributed by atoms with van der Waals surface area (Å²) in [5, 5.41) is 3.31. The van der Waals surface area contributed by atoms with E-state index in [1.807, 2.05) is 25.1 Å². The van der Waals surface area contributed by atoms with Crippen LogP contribution in [-0.4, -0.2) is 49.2 Å². The normalized spacial score (nSPS) is 26.5. The molecule has 0 spiro atoms. The molecule has 1 N–H and O–H groups in total. The average Bonchev–Trinajstić information content (AvgIpc) is 3.34. The number of fused-ring (bicyclic) bond motifs is 1. The van der Waals surface area contributed by atoms with Crippen LogP contribution in [0.4, 0.5) is 0 Å². The molecule has 0 aromatic carbocycles. The number of carbonyl (C=O) groups is 1. The van der Waals surface area contributed by atoms with Crippen molar-refractivity contribution in [2.45, 2.75) is 63.6 Å². The first kappa shape index (κ1) is 18.5. The number of ether oxygens (including phenoxy) is 1. The Morgan fingerprint density at radius 1 is 1.30 bits per heavy atom. The fraction of sp³-hybridized carbons (Fsp3) is 0.591. The first-order valence-electron chi connectivity index (χ1n) is 10.2. The third-order valence-electron chi connectivity index (χ3n) is 6.23. The van der Waals surface area contributed by atoms with Crippen LogP contribution >= 0.6 is 0 Å². The number of carbonyl (C=O) groups excluding carboxylic acids is 1. The fourth-order valence-corrected chi connectivity index (χ4v) is 4.70. The maximum Gasteiger partial charge on any atom is 0.227 e. The van der Waals surface area contributed by atoms with Crippen molar-refractivity contribution in [1.29, 1.82) is 0 Å². The number of methoxy groups -OCH3 is 1. The molecule has 1 saturated carbocycles. The molecule has 146 valence electrons. The van der Waals surface area contributed by atoms with E-state index in [4.69, 9.17) is 9.15 Å². The third-order valence-corrected chi connectivity index (χ3v) is 6.23. The summed E-state index contributed by atoms with van der Waals surface area (Å²) in [6.07, 6.45) is 6.10. The number of hydrogen-bond acceptors (Lipinski definition) is 4. The highest BCUT2D eigenvalue weighted by atomic mass is 16.5. The molecule has 0 aromatic rings. The zero-order valence-corrected chi connectivity index (χ0v) is 16.4. The lowest BCUT2D eigenvalue weighted by Crippen LogP contribution is -2.55. The molecule has 0 aromatic heterocycles. The third kappa shape index (κ3) is 4.04. The molecule has 3 unspecified atom stereocenters. The van der Waals surface area contributed by atoms with E-state index >= 15 is 0 Å². The Bertz CT molecular complexity index is 750. The monoisotopic (exact) mass is 370 g/mol. The van der Waals surface area contributed by atoms with Gasteiger partial charge in [-0.3, -0.25) is 9.69 Å². The van der Waals surface area contributed by atoms with Crippen molar-refractivity contribution in [1.82, 2.24) is 10.2 Å². The summed E-state index contributed by atoms with van der Waals surface area (Å²) >= 11 is 0. The Labute approximate surface area is 161 Å². The molecule has 3 atom stereocenters. The molecule has 1 saturated heterocycles. The van der Waals surface area contributed by atoms with Gasteiger partial charge in [0, 0.05) is 24.8 Å². The lowest BCUT2D eigenvalue weighted by atomic mass is 9.87. The zero-order chi connectivity index (χ0) is 18.8. The van der Waals surface area contributed by atoms with E-state index in [0.717, 1.165) is 55.0 Å². The number of rotatable bonds is 5. The van der Waals surface area contributed by atoms with Crippen molar-refractivity contribution in [2.24, 2.45) is 0 Å². The summed E-state index contributed by atoms with van der Waals surface area (Å²) in [5.74, 6) is 1.66. The molecule has 0 radical (unpaired) electrons. The second-order valence-corrected chi connectivity index (χ2v) is 8.03. The number of amides is 1. The lowest BCUT2D eigenvalue weighted by molar-refractivity contribution is -0.122. The van der Waals surface area contributed by atoms with Gasteiger partial charge in [0.05, 0.1) is 12.5 Å². The number of nitrogens with one attached hydrogen (secondary N) is 1. The van der Waals surface area contributed by atoms with Gasteiger partial charge in [-0.15, -0.1) is 0 Å². The van der Waals surface area contributed by atoms with Crippen LogP contribution in [0.5, 0.6) is 0 Å². The van der Waals surface area contributed by atoms with Gasteiger partial charge in [0.1, 0.15) is 11.5 Å². The topological polar surface area (TPSA) is 54.7 Å².